The summed E-state index contributed by atoms with van der Waals surface area (Å²) < 4.78 is 10.2. The van der Waals surface area contributed by atoms with Gasteiger partial charge in [0.1, 0.15) is 0 Å². The fraction of sp³-hybridized carbons (Fsp3) is 0.867. The fourth-order valence-corrected chi connectivity index (χ4v) is 1.58. The minimum Gasteiger partial charge on any atom is -0.466 e. The van der Waals surface area contributed by atoms with E-state index in [1.165, 1.54) is 0 Å². The zero-order chi connectivity index (χ0) is 14.7. The van der Waals surface area contributed by atoms with Crippen molar-refractivity contribution < 1.29 is 19.1 Å². The molecule has 4 heteroatoms. The van der Waals surface area contributed by atoms with Crippen molar-refractivity contribution in [3.8, 4) is 0 Å². The van der Waals surface area contributed by atoms with Gasteiger partial charge in [-0.1, -0.05) is 20.8 Å². The van der Waals surface area contributed by atoms with Gasteiger partial charge in [-0.15, -0.1) is 0 Å². The molecule has 0 saturated heterocycles. The van der Waals surface area contributed by atoms with Gasteiger partial charge >= 0.3 is 11.9 Å². The van der Waals surface area contributed by atoms with Gasteiger partial charge in [0, 0.05) is 12.8 Å². The van der Waals surface area contributed by atoms with E-state index in [4.69, 9.17) is 9.47 Å². The van der Waals surface area contributed by atoms with Crippen molar-refractivity contribution in [1.82, 2.24) is 0 Å². The van der Waals surface area contributed by atoms with Gasteiger partial charge in [0.2, 0.25) is 0 Å². The maximum absolute atomic E-state index is 11.5. The van der Waals surface area contributed by atoms with Crippen LogP contribution in [0.2, 0.25) is 0 Å². The number of hydrogen-bond donors (Lipinski definition) is 0. The summed E-state index contributed by atoms with van der Waals surface area (Å²) in [6.07, 6.45) is 3.80. The van der Waals surface area contributed by atoms with E-state index in [1.807, 2.05) is 13.8 Å². The van der Waals surface area contributed by atoms with E-state index in [0.717, 1.165) is 19.3 Å². The largest absolute Gasteiger partial charge is 0.466 e. The van der Waals surface area contributed by atoms with Crippen LogP contribution in [0.25, 0.3) is 0 Å². The molecule has 0 radical (unpaired) electrons. The molecular weight excluding hydrogens is 244 g/mol. The smallest absolute Gasteiger partial charge is 0.306 e. The van der Waals surface area contributed by atoms with Crippen molar-refractivity contribution in [1.29, 1.82) is 0 Å². The molecule has 0 aromatic heterocycles. The lowest BCUT2D eigenvalue weighted by Gasteiger charge is -2.14. The van der Waals surface area contributed by atoms with Gasteiger partial charge in [0.05, 0.1) is 12.7 Å². The van der Waals surface area contributed by atoms with Gasteiger partial charge in [-0.25, -0.2) is 0 Å². The first-order valence-corrected chi connectivity index (χ1v) is 7.30. The highest BCUT2D eigenvalue weighted by molar-refractivity contribution is 5.72. The SMILES string of the molecule is CCCOC(=O)CCCC(=O)OC(C)CCC(C)C. The molecule has 1 unspecified atom stereocenters. The minimum absolute atomic E-state index is 0.0399. The molecule has 0 aliphatic carbocycles. The lowest BCUT2D eigenvalue weighted by Crippen LogP contribution is -2.16. The Labute approximate surface area is 116 Å². The molecule has 0 amide bonds. The highest BCUT2D eigenvalue weighted by atomic mass is 16.5. The molecule has 0 aliphatic heterocycles. The van der Waals surface area contributed by atoms with E-state index < -0.39 is 0 Å². The molecule has 0 N–H and O–H groups in total. The molecule has 0 aromatic rings. The molecule has 0 rings (SSSR count). The van der Waals surface area contributed by atoms with Crippen LogP contribution in [0.5, 0.6) is 0 Å². The van der Waals surface area contributed by atoms with Gasteiger partial charge < -0.3 is 9.47 Å². The van der Waals surface area contributed by atoms with E-state index >= 15 is 0 Å². The average Bonchev–Trinajstić information content (AvgIpc) is 2.33. The van der Waals surface area contributed by atoms with Crippen LogP contribution in [0.15, 0.2) is 0 Å². The summed E-state index contributed by atoms with van der Waals surface area (Å²) in [6, 6.07) is 0. The topological polar surface area (TPSA) is 52.6 Å². The van der Waals surface area contributed by atoms with Crippen LogP contribution in [-0.2, 0) is 19.1 Å². The van der Waals surface area contributed by atoms with Crippen molar-refractivity contribution in [3.63, 3.8) is 0 Å². The third-order valence-electron chi connectivity index (χ3n) is 2.71. The second-order valence-corrected chi connectivity index (χ2v) is 5.35. The molecule has 19 heavy (non-hydrogen) atoms. The predicted molar refractivity (Wildman–Crippen MR) is 74.7 cm³/mol. The Morgan fingerprint density at radius 3 is 2.21 bits per heavy atom. The summed E-state index contributed by atoms with van der Waals surface area (Å²) >= 11 is 0. The van der Waals surface area contributed by atoms with Crippen molar-refractivity contribution >= 4 is 11.9 Å². The van der Waals surface area contributed by atoms with E-state index in [-0.39, 0.29) is 30.9 Å². The molecule has 0 bridgehead atoms. The van der Waals surface area contributed by atoms with Crippen LogP contribution >= 0.6 is 0 Å². The normalized spacial score (nSPS) is 12.3. The molecule has 1 atom stereocenters. The second-order valence-electron chi connectivity index (χ2n) is 5.35. The molecule has 4 nitrogen and oxygen atoms in total. The zero-order valence-corrected chi connectivity index (χ0v) is 12.7. The zero-order valence-electron chi connectivity index (χ0n) is 12.7. The van der Waals surface area contributed by atoms with Crippen molar-refractivity contribution in [2.75, 3.05) is 6.61 Å². The van der Waals surface area contributed by atoms with Crippen LogP contribution in [-0.4, -0.2) is 24.6 Å². The number of rotatable bonds is 10. The van der Waals surface area contributed by atoms with E-state index in [0.29, 0.717) is 18.9 Å². The molecule has 0 aliphatic rings. The summed E-state index contributed by atoms with van der Waals surface area (Å²) in [5.41, 5.74) is 0. The van der Waals surface area contributed by atoms with E-state index in [1.54, 1.807) is 0 Å². The van der Waals surface area contributed by atoms with Gasteiger partial charge in [-0.2, -0.15) is 0 Å². The first kappa shape index (κ1) is 17.9. The molecule has 0 heterocycles. The monoisotopic (exact) mass is 272 g/mol. The average molecular weight is 272 g/mol. The van der Waals surface area contributed by atoms with E-state index in [2.05, 4.69) is 13.8 Å². The fourth-order valence-electron chi connectivity index (χ4n) is 1.58. The third kappa shape index (κ3) is 11.7. The van der Waals surface area contributed by atoms with Gasteiger partial charge in [-0.05, 0) is 38.5 Å². The Kier molecular flexibility index (Phi) is 10.2. The first-order valence-electron chi connectivity index (χ1n) is 7.30. The Morgan fingerprint density at radius 1 is 1.00 bits per heavy atom. The molecular formula is C15H28O4. The standard InChI is InChI=1S/C15H28O4/c1-5-11-18-14(16)7-6-8-15(17)19-13(4)10-9-12(2)3/h12-13H,5-11H2,1-4H3. The van der Waals surface area contributed by atoms with Crippen LogP contribution < -0.4 is 0 Å². The predicted octanol–water partition coefficient (Wildman–Crippen LogP) is 3.48. The van der Waals surface area contributed by atoms with Gasteiger partial charge in [0.25, 0.3) is 0 Å². The van der Waals surface area contributed by atoms with Crippen molar-refractivity contribution in [2.45, 2.75) is 72.3 Å². The number of esters is 2. The molecule has 0 spiro atoms. The van der Waals surface area contributed by atoms with E-state index in [9.17, 15) is 9.59 Å². The molecule has 112 valence electrons. The number of hydrogen-bond acceptors (Lipinski definition) is 4. The second kappa shape index (κ2) is 10.8. The number of carbonyl (C=O) groups is 2. The van der Waals surface area contributed by atoms with Gasteiger partial charge in [-0.3, -0.25) is 9.59 Å². The lowest BCUT2D eigenvalue weighted by atomic mass is 10.1. The first-order chi connectivity index (χ1) is 8.95. The Hall–Kier alpha value is -1.06. The Bertz CT molecular complexity index is 261. The quantitative estimate of drug-likeness (QED) is 0.571. The highest BCUT2D eigenvalue weighted by Gasteiger charge is 2.11. The van der Waals surface area contributed by atoms with Crippen LogP contribution in [0.1, 0.15) is 66.2 Å². The van der Waals surface area contributed by atoms with Gasteiger partial charge in [0.15, 0.2) is 0 Å². The highest BCUT2D eigenvalue weighted by Crippen LogP contribution is 2.10. The lowest BCUT2D eigenvalue weighted by molar-refractivity contribution is -0.149. The number of carbonyl (C=O) groups excluding carboxylic acids is 2. The maximum atomic E-state index is 11.5. The summed E-state index contributed by atoms with van der Waals surface area (Å²) in [4.78, 5) is 22.7. The molecule has 0 saturated carbocycles. The third-order valence-corrected chi connectivity index (χ3v) is 2.71. The summed E-state index contributed by atoms with van der Waals surface area (Å²) in [5, 5.41) is 0. The van der Waals surface area contributed by atoms with Crippen LogP contribution in [0.3, 0.4) is 0 Å². The Balaban J connectivity index is 3.61. The molecule has 0 fully saturated rings. The number of ether oxygens (including phenoxy) is 2. The summed E-state index contributed by atoms with van der Waals surface area (Å²) in [7, 11) is 0. The summed E-state index contributed by atoms with van der Waals surface area (Å²) in [6.45, 7) is 8.61. The van der Waals surface area contributed by atoms with Crippen LogP contribution in [0.4, 0.5) is 0 Å². The van der Waals surface area contributed by atoms with Crippen molar-refractivity contribution in [3.05, 3.63) is 0 Å². The summed E-state index contributed by atoms with van der Waals surface area (Å²) in [5.74, 6) is 0.163. The Morgan fingerprint density at radius 2 is 1.63 bits per heavy atom. The molecule has 0 aromatic carbocycles. The minimum atomic E-state index is -0.234. The van der Waals surface area contributed by atoms with Crippen molar-refractivity contribution in [2.24, 2.45) is 5.92 Å². The maximum Gasteiger partial charge on any atom is 0.306 e. The van der Waals surface area contributed by atoms with Crippen LogP contribution in [0, 0.1) is 5.92 Å².